The molecule has 1 fully saturated rings. The first-order chi connectivity index (χ1) is 12.7. The van der Waals surface area contributed by atoms with Crippen LogP contribution in [0.1, 0.15) is 16.8 Å². The van der Waals surface area contributed by atoms with E-state index in [1.54, 1.807) is 6.20 Å². The van der Waals surface area contributed by atoms with Crippen LogP contribution in [0.4, 0.5) is 0 Å². The molecule has 0 unspecified atom stereocenters. The predicted octanol–water partition coefficient (Wildman–Crippen LogP) is 2.60. The summed E-state index contributed by atoms with van der Waals surface area (Å²) in [5.74, 6) is -0.0464. The van der Waals surface area contributed by atoms with E-state index in [1.807, 2.05) is 42.5 Å². The largest absolute Gasteiger partial charge is 0.352 e. The SMILES string of the molecule is CN1CCN(CCCNC(=O)c2cccnc2Sc2ccccc2)CC1. The molecular formula is C20H26N4OS. The molecule has 5 nitrogen and oxygen atoms in total. The van der Waals surface area contributed by atoms with Crippen LogP contribution in [0, 0.1) is 0 Å². The smallest absolute Gasteiger partial charge is 0.254 e. The van der Waals surface area contributed by atoms with Crippen molar-refractivity contribution in [2.45, 2.75) is 16.3 Å². The maximum Gasteiger partial charge on any atom is 0.254 e. The fourth-order valence-corrected chi connectivity index (χ4v) is 3.82. The molecule has 0 bridgehead atoms. The number of hydrogen-bond acceptors (Lipinski definition) is 5. The Labute approximate surface area is 159 Å². The lowest BCUT2D eigenvalue weighted by atomic mass is 10.2. The number of carbonyl (C=O) groups excluding carboxylic acids is 1. The Morgan fingerprint density at radius 2 is 1.88 bits per heavy atom. The molecule has 1 aliphatic heterocycles. The zero-order valence-electron chi connectivity index (χ0n) is 15.2. The van der Waals surface area contributed by atoms with E-state index in [0.29, 0.717) is 12.1 Å². The standard InChI is InChI=1S/C20H26N4OS/c1-23-13-15-24(16-14-23)12-6-11-21-19(25)18-9-5-10-22-20(18)26-17-7-3-2-4-8-17/h2-5,7-10H,6,11-16H2,1H3,(H,21,25). The van der Waals surface area contributed by atoms with Crippen LogP contribution in [0.3, 0.4) is 0 Å². The molecule has 2 heterocycles. The molecule has 0 atom stereocenters. The fraction of sp³-hybridized carbons (Fsp3) is 0.400. The minimum Gasteiger partial charge on any atom is -0.352 e. The average Bonchev–Trinajstić information content (AvgIpc) is 2.68. The van der Waals surface area contributed by atoms with Gasteiger partial charge in [0.2, 0.25) is 0 Å². The summed E-state index contributed by atoms with van der Waals surface area (Å²) in [6.45, 7) is 6.21. The number of benzene rings is 1. The van der Waals surface area contributed by atoms with Gasteiger partial charge in [0.1, 0.15) is 5.03 Å². The molecule has 0 saturated carbocycles. The Hall–Kier alpha value is -1.89. The van der Waals surface area contributed by atoms with Gasteiger partial charge in [0.05, 0.1) is 5.56 Å². The van der Waals surface area contributed by atoms with Gasteiger partial charge < -0.3 is 15.1 Å². The molecule has 1 aromatic carbocycles. The van der Waals surface area contributed by atoms with Crippen LogP contribution in [0.15, 0.2) is 58.6 Å². The second-order valence-electron chi connectivity index (χ2n) is 6.53. The minimum absolute atomic E-state index is 0.0464. The summed E-state index contributed by atoms with van der Waals surface area (Å²) in [6.07, 6.45) is 2.70. The molecule has 1 amide bonds. The van der Waals surface area contributed by atoms with E-state index in [0.717, 1.165) is 49.1 Å². The number of likely N-dealkylation sites (N-methyl/N-ethyl adjacent to an activating group) is 1. The van der Waals surface area contributed by atoms with Crippen LogP contribution in [0.5, 0.6) is 0 Å². The minimum atomic E-state index is -0.0464. The first-order valence-corrected chi connectivity index (χ1v) is 9.91. The Balaban J connectivity index is 1.48. The van der Waals surface area contributed by atoms with Gasteiger partial charge >= 0.3 is 0 Å². The highest BCUT2D eigenvalue weighted by Gasteiger charge is 2.15. The van der Waals surface area contributed by atoms with E-state index in [2.05, 4.69) is 27.1 Å². The quantitative estimate of drug-likeness (QED) is 0.759. The Kier molecular flexibility index (Phi) is 7.05. The molecule has 0 aliphatic carbocycles. The summed E-state index contributed by atoms with van der Waals surface area (Å²) in [4.78, 5) is 22.9. The summed E-state index contributed by atoms with van der Waals surface area (Å²) >= 11 is 1.52. The molecule has 1 aliphatic rings. The zero-order chi connectivity index (χ0) is 18.2. The van der Waals surface area contributed by atoms with Gasteiger partial charge in [-0.1, -0.05) is 30.0 Å². The van der Waals surface area contributed by atoms with Crippen molar-refractivity contribution >= 4 is 17.7 Å². The summed E-state index contributed by atoms with van der Waals surface area (Å²) in [5, 5.41) is 3.79. The summed E-state index contributed by atoms with van der Waals surface area (Å²) in [6, 6.07) is 13.7. The van der Waals surface area contributed by atoms with Crippen LogP contribution in [-0.4, -0.2) is 67.0 Å². The molecule has 2 aromatic rings. The number of hydrogen-bond donors (Lipinski definition) is 1. The molecule has 1 aromatic heterocycles. The number of rotatable bonds is 7. The number of carbonyl (C=O) groups is 1. The second kappa shape index (κ2) is 9.71. The summed E-state index contributed by atoms with van der Waals surface area (Å²) < 4.78 is 0. The van der Waals surface area contributed by atoms with E-state index < -0.39 is 0 Å². The fourth-order valence-electron chi connectivity index (χ4n) is 2.92. The highest BCUT2D eigenvalue weighted by Crippen LogP contribution is 2.28. The van der Waals surface area contributed by atoms with Crippen LogP contribution >= 0.6 is 11.8 Å². The number of aromatic nitrogens is 1. The highest BCUT2D eigenvalue weighted by atomic mass is 32.2. The first kappa shape index (κ1) is 18.9. The van der Waals surface area contributed by atoms with Crippen LogP contribution in [-0.2, 0) is 0 Å². The van der Waals surface area contributed by atoms with Gasteiger partial charge in [0.15, 0.2) is 0 Å². The Morgan fingerprint density at radius 3 is 2.65 bits per heavy atom. The topological polar surface area (TPSA) is 48.5 Å². The molecular weight excluding hydrogens is 344 g/mol. The van der Waals surface area contributed by atoms with Crippen molar-refractivity contribution < 1.29 is 4.79 Å². The zero-order valence-corrected chi connectivity index (χ0v) is 16.0. The Bertz CT molecular complexity index is 702. The van der Waals surface area contributed by atoms with Gasteiger partial charge in [0, 0.05) is 43.8 Å². The van der Waals surface area contributed by atoms with Crippen molar-refractivity contribution in [1.82, 2.24) is 20.1 Å². The molecule has 1 N–H and O–H groups in total. The maximum absolute atomic E-state index is 12.6. The van der Waals surface area contributed by atoms with E-state index >= 15 is 0 Å². The van der Waals surface area contributed by atoms with Crippen molar-refractivity contribution in [2.75, 3.05) is 46.3 Å². The van der Waals surface area contributed by atoms with Crippen molar-refractivity contribution in [3.8, 4) is 0 Å². The lowest BCUT2D eigenvalue weighted by Gasteiger charge is -2.32. The summed E-state index contributed by atoms with van der Waals surface area (Å²) in [5.41, 5.74) is 0.640. The third kappa shape index (κ3) is 5.56. The average molecular weight is 371 g/mol. The van der Waals surface area contributed by atoms with Gasteiger partial charge in [-0.15, -0.1) is 0 Å². The van der Waals surface area contributed by atoms with Gasteiger partial charge in [-0.25, -0.2) is 4.98 Å². The van der Waals surface area contributed by atoms with Gasteiger partial charge in [0.25, 0.3) is 5.91 Å². The number of amides is 1. The monoisotopic (exact) mass is 370 g/mol. The van der Waals surface area contributed by atoms with Crippen molar-refractivity contribution in [3.63, 3.8) is 0 Å². The van der Waals surface area contributed by atoms with Crippen molar-refractivity contribution in [3.05, 3.63) is 54.2 Å². The van der Waals surface area contributed by atoms with Crippen LogP contribution in [0.2, 0.25) is 0 Å². The van der Waals surface area contributed by atoms with E-state index in [4.69, 9.17) is 0 Å². The Morgan fingerprint density at radius 1 is 1.12 bits per heavy atom. The molecule has 138 valence electrons. The normalized spacial score (nSPS) is 15.7. The van der Waals surface area contributed by atoms with Gasteiger partial charge in [-0.05, 0) is 44.3 Å². The van der Waals surface area contributed by atoms with Crippen molar-refractivity contribution in [1.29, 1.82) is 0 Å². The maximum atomic E-state index is 12.6. The lowest BCUT2D eigenvalue weighted by Crippen LogP contribution is -2.45. The predicted molar refractivity (Wildman–Crippen MR) is 106 cm³/mol. The van der Waals surface area contributed by atoms with E-state index in [9.17, 15) is 4.79 Å². The van der Waals surface area contributed by atoms with Crippen molar-refractivity contribution in [2.24, 2.45) is 0 Å². The van der Waals surface area contributed by atoms with Gasteiger partial charge in [-0.3, -0.25) is 4.79 Å². The first-order valence-electron chi connectivity index (χ1n) is 9.09. The van der Waals surface area contributed by atoms with Gasteiger partial charge in [-0.2, -0.15) is 0 Å². The van der Waals surface area contributed by atoms with Crippen LogP contribution < -0.4 is 5.32 Å². The molecule has 6 heteroatoms. The molecule has 1 saturated heterocycles. The molecule has 0 radical (unpaired) electrons. The van der Waals surface area contributed by atoms with E-state index in [1.165, 1.54) is 11.8 Å². The lowest BCUT2D eigenvalue weighted by molar-refractivity contribution is 0.0946. The van der Waals surface area contributed by atoms with E-state index in [-0.39, 0.29) is 5.91 Å². The highest BCUT2D eigenvalue weighted by molar-refractivity contribution is 7.99. The third-order valence-corrected chi connectivity index (χ3v) is 5.53. The number of nitrogens with zero attached hydrogens (tertiary/aromatic N) is 3. The molecule has 3 rings (SSSR count). The van der Waals surface area contributed by atoms with Crippen LogP contribution in [0.25, 0.3) is 0 Å². The third-order valence-electron chi connectivity index (χ3n) is 4.51. The summed E-state index contributed by atoms with van der Waals surface area (Å²) in [7, 11) is 2.16. The number of piperazine rings is 1. The number of nitrogens with one attached hydrogen (secondary N) is 1. The molecule has 0 spiro atoms. The number of pyridine rings is 1. The second-order valence-corrected chi connectivity index (χ2v) is 7.59. The molecule has 26 heavy (non-hydrogen) atoms.